The van der Waals surface area contributed by atoms with Crippen LogP contribution in [0.1, 0.15) is 25.1 Å². The quantitative estimate of drug-likeness (QED) is 0.744. The number of thiophene rings is 1. The van der Waals surface area contributed by atoms with Crippen molar-refractivity contribution in [1.29, 1.82) is 0 Å². The number of aromatic nitrogens is 2. The minimum absolute atomic E-state index is 0.0913. The van der Waals surface area contributed by atoms with Crippen LogP contribution in [0.4, 0.5) is 0 Å². The maximum atomic E-state index is 5.90. The lowest BCUT2D eigenvalue weighted by molar-refractivity contribution is 0.677. The van der Waals surface area contributed by atoms with E-state index in [0.717, 1.165) is 17.6 Å². The zero-order chi connectivity index (χ0) is 8.55. The molecule has 1 atom stereocenters. The highest BCUT2D eigenvalue weighted by Crippen LogP contribution is 2.26. The van der Waals surface area contributed by atoms with Crippen LogP contribution in [0.2, 0.25) is 0 Å². The van der Waals surface area contributed by atoms with Crippen molar-refractivity contribution in [3.8, 4) is 0 Å². The highest BCUT2D eigenvalue weighted by Gasteiger charge is 2.11. The van der Waals surface area contributed by atoms with E-state index in [1.165, 1.54) is 4.70 Å². The molecule has 64 valence electrons. The largest absolute Gasteiger partial charge is 0.323 e. The van der Waals surface area contributed by atoms with Crippen molar-refractivity contribution in [1.82, 2.24) is 10.2 Å². The average Bonchev–Trinajstić information content (AvgIpc) is 2.62. The van der Waals surface area contributed by atoms with Gasteiger partial charge in [0.15, 0.2) is 0 Å². The summed E-state index contributed by atoms with van der Waals surface area (Å²) in [4.78, 5) is 0. The van der Waals surface area contributed by atoms with E-state index in [9.17, 15) is 0 Å². The molecule has 0 saturated heterocycles. The maximum Gasteiger partial charge on any atom is 0.103 e. The van der Waals surface area contributed by atoms with E-state index in [0.29, 0.717) is 0 Å². The smallest absolute Gasteiger partial charge is 0.103 e. The van der Waals surface area contributed by atoms with Crippen molar-refractivity contribution >= 4 is 21.6 Å². The minimum Gasteiger partial charge on any atom is -0.323 e. The molecule has 2 rings (SSSR count). The molecule has 2 heterocycles. The van der Waals surface area contributed by atoms with Crippen LogP contribution in [0, 0.1) is 0 Å². The van der Waals surface area contributed by atoms with Crippen molar-refractivity contribution in [3.63, 3.8) is 0 Å². The SMILES string of the molecule is CCC(N)c1[nH]nc2ccsc12. The van der Waals surface area contributed by atoms with Crippen LogP contribution in [0.25, 0.3) is 10.2 Å². The van der Waals surface area contributed by atoms with Crippen molar-refractivity contribution in [2.24, 2.45) is 5.73 Å². The molecule has 12 heavy (non-hydrogen) atoms. The first-order chi connectivity index (χ1) is 5.83. The standard InChI is InChI=1S/C8H11N3S/c1-2-5(9)7-8-6(10-11-7)3-4-12-8/h3-5H,2,9H2,1H3,(H,10,11). The van der Waals surface area contributed by atoms with Crippen LogP contribution in [-0.4, -0.2) is 10.2 Å². The van der Waals surface area contributed by atoms with Gasteiger partial charge in [0.05, 0.1) is 10.4 Å². The van der Waals surface area contributed by atoms with Crippen LogP contribution in [0.5, 0.6) is 0 Å². The Morgan fingerprint density at radius 1 is 1.75 bits per heavy atom. The first-order valence-electron chi connectivity index (χ1n) is 4.00. The number of H-pyrrole nitrogens is 1. The van der Waals surface area contributed by atoms with Crippen molar-refractivity contribution in [2.75, 3.05) is 0 Å². The molecule has 1 unspecified atom stereocenters. The lowest BCUT2D eigenvalue weighted by Crippen LogP contribution is -2.08. The zero-order valence-electron chi connectivity index (χ0n) is 6.87. The summed E-state index contributed by atoms with van der Waals surface area (Å²) in [6, 6.07) is 2.09. The molecule has 3 nitrogen and oxygen atoms in total. The second kappa shape index (κ2) is 2.88. The molecule has 2 aromatic heterocycles. The fourth-order valence-corrected chi connectivity index (χ4v) is 2.11. The summed E-state index contributed by atoms with van der Waals surface area (Å²) in [5.74, 6) is 0. The van der Waals surface area contributed by atoms with Crippen molar-refractivity contribution in [2.45, 2.75) is 19.4 Å². The van der Waals surface area contributed by atoms with Gasteiger partial charge < -0.3 is 5.73 Å². The van der Waals surface area contributed by atoms with Gasteiger partial charge >= 0.3 is 0 Å². The monoisotopic (exact) mass is 181 g/mol. The summed E-state index contributed by atoms with van der Waals surface area (Å²) in [6.07, 6.45) is 0.940. The molecule has 0 aliphatic heterocycles. The average molecular weight is 181 g/mol. The molecule has 4 heteroatoms. The molecule has 0 bridgehead atoms. The second-order valence-electron chi connectivity index (χ2n) is 2.79. The molecule has 0 aromatic carbocycles. The Bertz CT molecular complexity index is 376. The fourth-order valence-electron chi connectivity index (χ4n) is 1.22. The van der Waals surface area contributed by atoms with E-state index in [4.69, 9.17) is 5.73 Å². The van der Waals surface area contributed by atoms with Gasteiger partial charge in [-0.25, -0.2) is 0 Å². The van der Waals surface area contributed by atoms with Gasteiger partial charge in [-0.3, -0.25) is 5.10 Å². The van der Waals surface area contributed by atoms with Gasteiger partial charge in [0.1, 0.15) is 5.52 Å². The van der Waals surface area contributed by atoms with Gasteiger partial charge in [-0.1, -0.05) is 6.92 Å². The Labute approximate surface area is 74.6 Å². The van der Waals surface area contributed by atoms with E-state index in [1.807, 2.05) is 11.4 Å². The van der Waals surface area contributed by atoms with Crippen LogP contribution >= 0.6 is 11.3 Å². The molecule has 0 saturated carbocycles. The number of nitrogens with zero attached hydrogens (tertiary/aromatic N) is 1. The van der Waals surface area contributed by atoms with Gasteiger partial charge in [-0.15, -0.1) is 11.3 Å². The Morgan fingerprint density at radius 3 is 3.33 bits per heavy atom. The molecule has 3 N–H and O–H groups in total. The molecule has 0 fully saturated rings. The van der Waals surface area contributed by atoms with Gasteiger partial charge in [-0.05, 0) is 17.9 Å². The minimum atomic E-state index is 0.0913. The molecular weight excluding hydrogens is 170 g/mol. The number of aromatic amines is 1. The molecular formula is C8H11N3S. The highest BCUT2D eigenvalue weighted by molar-refractivity contribution is 7.17. The molecule has 0 amide bonds. The molecule has 2 aromatic rings. The first-order valence-corrected chi connectivity index (χ1v) is 4.88. The van der Waals surface area contributed by atoms with Gasteiger partial charge in [-0.2, -0.15) is 5.10 Å². The number of nitrogens with one attached hydrogen (secondary N) is 1. The van der Waals surface area contributed by atoms with Crippen molar-refractivity contribution in [3.05, 3.63) is 17.1 Å². The van der Waals surface area contributed by atoms with Gasteiger partial charge in [0.2, 0.25) is 0 Å². The molecule has 0 aliphatic carbocycles. The number of fused-ring (bicyclic) bond motifs is 1. The predicted octanol–water partition coefficient (Wildman–Crippen LogP) is 2.03. The number of hydrogen-bond acceptors (Lipinski definition) is 3. The third-order valence-electron chi connectivity index (χ3n) is 2.00. The number of nitrogens with two attached hydrogens (primary N) is 1. The van der Waals surface area contributed by atoms with E-state index in [2.05, 4.69) is 17.1 Å². The Kier molecular flexibility index (Phi) is 1.86. The third kappa shape index (κ3) is 1.04. The number of hydrogen-bond donors (Lipinski definition) is 2. The van der Waals surface area contributed by atoms with Gasteiger partial charge in [0.25, 0.3) is 0 Å². The zero-order valence-corrected chi connectivity index (χ0v) is 7.69. The van der Waals surface area contributed by atoms with E-state index in [-0.39, 0.29) is 6.04 Å². The third-order valence-corrected chi connectivity index (χ3v) is 2.93. The Hall–Kier alpha value is -0.870. The lowest BCUT2D eigenvalue weighted by atomic mass is 10.2. The molecule has 0 radical (unpaired) electrons. The summed E-state index contributed by atoms with van der Waals surface area (Å²) in [7, 11) is 0. The predicted molar refractivity (Wildman–Crippen MR) is 51.2 cm³/mol. The topological polar surface area (TPSA) is 54.7 Å². The lowest BCUT2D eigenvalue weighted by Gasteiger charge is -2.03. The molecule has 0 spiro atoms. The van der Waals surface area contributed by atoms with Crippen LogP contribution in [-0.2, 0) is 0 Å². The highest BCUT2D eigenvalue weighted by atomic mass is 32.1. The Balaban J connectivity index is 2.53. The van der Waals surface area contributed by atoms with E-state index >= 15 is 0 Å². The summed E-state index contributed by atoms with van der Waals surface area (Å²) < 4.78 is 1.20. The second-order valence-corrected chi connectivity index (χ2v) is 3.70. The van der Waals surface area contributed by atoms with E-state index < -0.39 is 0 Å². The fraction of sp³-hybridized carbons (Fsp3) is 0.375. The van der Waals surface area contributed by atoms with Crippen LogP contribution < -0.4 is 5.73 Å². The Morgan fingerprint density at radius 2 is 2.58 bits per heavy atom. The summed E-state index contributed by atoms with van der Waals surface area (Å²) >= 11 is 1.69. The van der Waals surface area contributed by atoms with Gasteiger partial charge in [0, 0.05) is 6.04 Å². The first kappa shape index (κ1) is 7.76. The maximum absolute atomic E-state index is 5.90. The normalized spacial score (nSPS) is 13.8. The summed E-state index contributed by atoms with van der Waals surface area (Å²) in [5.41, 5.74) is 8.00. The molecule has 0 aliphatic rings. The number of rotatable bonds is 2. The van der Waals surface area contributed by atoms with Crippen molar-refractivity contribution < 1.29 is 0 Å². The van der Waals surface area contributed by atoms with E-state index in [1.54, 1.807) is 11.3 Å². The van der Waals surface area contributed by atoms with Crippen LogP contribution in [0.3, 0.4) is 0 Å². The summed E-state index contributed by atoms with van der Waals surface area (Å²) in [6.45, 7) is 2.07. The van der Waals surface area contributed by atoms with Crippen LogP contribution in [0.15, 0.2) is 11.4 Å². The summed E-state index contributed by atoms with van der Waals surface area (Å²) in [5, 5.41) is 9.17.